The molecular formula is C17H24N4O2. The normalized spacial score (nSPS) is 21.7. The van der Waals surface area contributed by atoms with E-state index in [1.807, 2.05) is 6.07 Å². The van der Waals surface area contributed by atoms with Crippen molar-refractivity contribution in [1.29, 1.82) is 0 Å². The Hall–Kier alpha value is -1.92. The van der Waals surface area contributed by atoms with Gasteiger partial charge in [0, 0.05) is 43.0 Å². The molecule has 0 spiro atoms. The molecular weight excluding hydrogens is 292 g/mol. The van der Waals surface area contributed by atoms with E-state index in [0.717, 1.165) is 32.5 Å². The molecule has 2 aliphatic rings. The van der Waals surface area contributed by atoms with Crippen LogP contribution in [-0.4, -0.2) is 55.0 Å². The van der Waals surface area contributed by atoms with Gasteiger partial charge in [-0.15, -0.1) is 0 Å². The van der Waals surface area contributed by atoms with Crippen molar-refractivity contribution < 1.29 is 9.59 Å². The van der Waals surface area contributed by atoms with Crippen LogP contribution in [0.3, 0.4) is 0 Å². The zero-order valence-corrected chi connectivity index (χ0v) is 13.5. The molecule has 6 heteroatoms. The molecule has 1 aromatic carbocycles. The Morgan fingerprint density at radius 3 is 2.91 bits per heavy atom. The molecule has 1 saturated heterocycles. The number of carbonyl (C=O) groups is 2. The van der Waals surface area contributed by atoms with Crippen LogP contribution in [0.25, 0.3) is 0 Å². The molecule has 2 fully saturated rings. The lowest BCUT2D eigenvalue weighted by atomic mass is 10.2. The number of anilines is 1. The SMILES string of the molecule is C[C@@H]1CNCCN1CC(=O)Nc1cccc(C(=O)NC2CC2)c1. The van der Waals surface area contributed by atoms with Gasteiger partial charge in [0.25, 0.3) is 5.91 Å². The summed E-state index contributed by atoms with van der Waals surface area (Å²) in [4.78, 5) is 26.4. The molecule has 1 aliphatic heterocycles. The fraction of sp³-hybridized carbons (Fsp3) is 0.529. The van der Waals surface area contributed by atoms with Gasteiger partial charge in [-0.2, -0.15) is 0 Å². The first-order valence-corrected chi connectivity index (χ1v) is 8.27. The summed E-state index contributed by atoms with van der Waals surface area (Å²) in [6.07, 6.45) is 2.12. The van der Waals surface area contributed by atoms with Gasteiger partial charge in [-0.25, -0.2) is 0 Å². The third-order valence-corrected chi connectivity index (χ3v) is 4.31. The zero-order chi connectivity index (χ0) is 16.2. The second kappa shape index (κ2) is 7.10. The maximum absolute atomic E-state index is 12.2. The molecule has 6 nitrogen and oxygen atoms in total. The molecule has 1 atom stereocenters. The number of amides is 2. The summed E-state index contributed by atoms with van der Waals surface area (Å²) in [5.41, 5.74) is 1.26. The molecule has 3 N–H and O–H groups in total. The van der Waals surface area contributed by atoms with Gasteiger partial charge in [-0.3, -0.25) is 14.5 Å². The molecule has 124 valence electrons. The van der Waals surface area contributed by atoms with E-state index in [4.69, 9.17) is 0 Å². The average molecular weight is 316 g/mol. The fourth-order valence-corrected chi connectivity index (χ4v) is 2.74. The van der Waals surface area contributed by atoms with Crippen molar-refractivity contribution in [2.45, 2.75) is 31.8 Å². The van der Waals surface area contributed by atoms with Crippen LogP contribution in [0.1, 0.15) is 30.1 Å². The Morgan fingerprint density at radius 1 is 1.35 bits per heavy atom. The summed E-state index contributed by atoms with van der Waals surface area (Å²) in [7, 11) is 0. The number of nitrogens with zero attached hydrogens (tertiary/aromatic N) is 1. The highest BCUT2D eigenvalue weighted by molar-refractivity contribution is 5.97. The van der Waals surface area contributed by atoms with Gasteiger partial charge in [0.05, 0.1) is 6.54 Å². The van der Waals surface area contributed by atoms with Crippen molar-refractivity contribution in [2.24, 2.45) is 0 Å². The van der Waals surface area contributed by atoms with Gasteiger partial charge in [0.1, 0.15) is 0 Å². The van der Waals surface area contributed by atoms with Crippen LogP contribution in [-0.2, 0) is 4.79 Å². The fourth-order valence-electron chi connectivity index (χ4n) is 2.74. The Bertz CT molecular complexity index is 586. The first-order valence-electron chi connectivity index (χ1n) is 8.27. The zero-order valence-electron chi connectivity index (χ0n) is 13.5. The van der Waals surface area contributed by atoms with E-state index >= 15 is 0 Å². The van der Waals surface area contributed by atoms with Gasteiger partial charge in [-0.05, 0) is 38.0 Å². The molecule has 0 bridgehead atoms. The molecule has 3 rings (SSSR count). The molecule has 1 saturated carbocycles. The molecule has 1 aliphatic carbocycles. The highest BCUT2D eigenvalue weighted by Gasteiger charge is 2.24. The Balaban J connectivity index is 1.56. The second-order valence-electron chi connectivity index (χ2n) is 6.40. The van der Waals surface area contributed by atoms with E-state index in [2.05, 4.69) is 27.8 Å². The van der Waals surface area contributed by atoms with Gasteiger partial charge in [-0.1, -0.05) is 6.07 Å². The van der Waals surface area contributed by atoms with E-state index in [1.54, 1.807) is 18.2 Å². The molecule has 0 unspecified atom stereocenters. The summed E-state index contributed by atoms with van der Waals surface area (Å²) >= 11 is 0. The van der Waals surface area contributed by atoms with E-state index in [1.165, 1.54) is 0 Å². The molecule has 0 radical (unpaired) electrons. The standard InChI is InChI=1S/C17H24N4O2/c1-12-10-18-7-8-21(12)11-16(22)19-15-4-2-3-13(9-15)17(23)20-14-5-6-14/h2-4,9,12,14,18H,5-8,10-11H2,1H3,(H,19,22)(H,20,23)/t12-/m1/s1. The summed E-state index contributed by atoms with van der Waals surface area (Å²) < 4.78 is 0. The largest absolute Gasteiger partial charge is 0.349 e. The molecule has 1 aromatic rings. The maximum atomic E-state index is 12.2. The molecule has 23 heavy (non-hydrogen) atoms. The Labute approximate surface area is 136 Å². The summed E-state index contributed by atoms with van der Waals surface area (Å²) in [6.45, 7) is 5.18. The Morgan fingerprint density at radius 2 is 2.17 bits per heavy atom. The van der Waals surface area contributed by atoms with Crippen LogP contribution in [0.2, 0.25) is 0 Å². The lowest BCUT2D eigenvalue weighted by molar-refractivity contribution is -0.118. The van der Waals surface area contributed by atoms with Gasteiger partial charge in [0.2, 0.25) is 5.91 Å². The van der Waals surface area contributed by atoms with Crippen LogP contribution < -0.4 is 16.0 Å². The van der Waals surface area contributed by atoms with E-state index in [-0.39, 0.29) is 11.8 Å². The highest BCUT2D eigenvalue weighted by Crippen LogP contribution is 2.20. The minimum absolute atomic E-state index is 0.0431. The van der Waals surface area contributed by atoms with Crippen molar-refractivity contribution >= 4 is 17.5 Å². The van der Waals surface area contributed by atoms with Crippen molar-refractivity contribution in [2.75, 3.05) is 31.5 Å². The number of piperazine rings is 1. The topological polar surface area (TPSA) is 73.5 Å². The van der Waals surface area contributed by atoms with Crippen molar-refractivity contribution in [3.63, 3.8) is 0 Å². The number of carbonyl (C=O) groups excluding carboxylic acids is 2. The van der Waals surface area contributed by atoms with E-state index in [0.29, 0.717) is 29.9 Å². The lowest BCUT2D eigenvalue weighted by Crippen LogP contribution is -2.51. The van der Waals surface area contributed by atoms with Crippen molar-refractivity contribution in [3.8, 4) is 0 Å². The number of benzene rings is 1. The average Bonchev–Trinajstić information content (AvgIpc) is 3.34. The molecule has 2 amide bonds. The number of hydrogen-bond acceptors (Lipinski definition) is 4. The first kappa shape index (κ1) is 16.0. The summed E-state index contributed by atoms with van der Waals surface area (Å²) in [5.74, 6) is -0.113. The highest BCUT2D eigenvalue weighted by atomic mass is 16.2. The summed E-state index contributed by atoms with van der Waals surface area (Å²) in [6, 6.07) is 7.79. The Kier molecular flexibility index (Phi) is 4.93. The quantitative estimate of drug-likeness (QED) is 0.752. The van der Waals surface area contributed by atoms with Gasteiger partial charge in [0.15, 0.2) is 0 Å². The van der Waals surface area contributed by atoms with Crippen molar-refractivity contribution in [1.82, 2.24) is 15.5 Å². The van der Waals surface area contributed by atoms with Crippen LogP contribution in [0, 0.1) is 0 Å². The predicted molar refractivity (Wildman–Crippen MR) is 89.5 cm³/mol. The minimum atomic E-state index is -0.0701. The maximum Gasteiger partial charge on any atom is 0.251 e. The van der Waals surface area contributed by atoms with E-state index in [9.17, 15) is 9.59 Å². The van der Waals surface area contributed by atoms with Crippen LogP contribution >= 0.6 is 0 Å². The molecule has 1 heterocycles. The number of hydrogen-bond donors (Lipinski definition) is 3. The third kappa shape index (κ3) is 4.53. The summed E-state index contributed by atoms with van der Waals surface area (Å²) in [5, 5.41) is 9.16. The smallest absolute Gasteiger partial charge is 0.251 e. The predicted octanol–water partition coefficient (Wildman–Crippen LogP) is 0.811. The van der Waals surface area contributed by atoms with E-state index < -0.39 is 0 Å². The van der Waals surface area contributed by atoms with Crippen LogP contribution in [0.5, 0.6) is 0 Å². The molecule has 0 aromatic heterocycles. The monoisotopic (exact) mass is 316 g/mol. The lowest BCUT2D eigenvalue weighted by Gasteiger charge is -2.33. The first-order chi connectivity index (χ1) is 11.1. The minimum Gasteiger partial charge on any atom is -0.349 e. The number of rotatable bonds is 5. The number of nitrogens with one attached hydrogen (secondary N) is 3. The van der Waals surface area contributed by atoms with Crippen LogP contribution in [0.4, 0.5) is 5.69 Å². The van der Waals surface area contributed by atoms with Gasteiger partial charge < -0.3 is 16.0 Å². The third-order valence-electron chi connectivity index (χ3n) is 4.31. The van der Waals surface area contributed by atoms with Crippen molar-refractivity contribution in [3.05, 3.63) is 29.8 Å². The second-order valence-corrected chi connectivity index (χ2v) is 6.40. The van der Waals surface area contributed by atoms with Gasteiger partial charge >= 0.3 is 0 Å². The van der Waals surface area contributed by atoms with Crippen LogP contribution in [0.15, 0.2) is 24.3 Å².